The van der Waals surface area contributed by atoms with Gasteiger partial charge in [0.05, 0.1) is 22.5 Å². The van der Waals surface area contributed by atoms with Crippen molar-refractivity contribution in [3.63, 3.8) is 0 Å². The molecule has 0 N–H and O–H groups in total. The summed E-state index contributed by atoms with van der Waals surface area (Å²) < 4.78 is 26.3. The lowest BCUT2D eigenvalue weighted by Gasteiger charge is -2.33. The van der Waals surface area contributed by atoms with Crippen LogP contribution in [0.4, 0.5) is 9.52 Å². The molecule has 2 atom stereocenters. The summed E-state index contributed by atoms with van der Waals surface area (Å²) in [6.07, 6.45) is 0.313. The van der Waals surface area contributed by atoms with Crippen molar-refractivity contribution in [2.45, 2.75) is 25.7 Å². The van der Waals surface area contributed by atoms with E-state index in [9.17, 15) is 9.18 Å². The number of carbonyl (C=O) groups excluding carboxylic acids is 1. The molecular weight excluding hydrogens is 417 g/mol. The normalized spacial score (nSPS) is 17.5. The van der Waals surface area contributed by atoms with Gasteiger partial charge in [0.2, 0.25) is 6.10 Å². The number of nitrogens with zero attached hydrogens (tertiary/aromatic N) is 3. The second-order valence-electron chi connectivity index (χ2n) is 7.16. The van der Waals surface area contributed by atoms with E-state index in [4.69, 9.17) is 9.47 Å². The van der Waals surface area contributed by atoms with E-state index in [1.807, 2.05) is 30.3 Å². The third kappa shape index (κ3) is 3.82. The minimum absolute atomic E-state index is 0.205. The summed E-state index contributed by atoms with van der Waals surface area (Å²) in [5.41, 5.74) is 1.32. The van der Waals surface area contributed by atoms with Crippen LogP contribution in [0.5, 0.6) is 11.5 Å². The monoisotopic (exact) mass is 435 g/mol. The SMILES string of the molecule is CC1Oc2ccccc2OC1C(=O)N(Cc1ccccn1)c1nc2ccc(F)cc2s1. The van der Waals surface area contributed by atoms with Crippen molar-refractivity contribution in [2.24, 2.45) is 0 Å². The number of para-hydroxylation sites is 2. The largest absolute Gasteiger partial charge is 0.482 e. The number of amides is 1. The number of halogens is 1. The summed E-state index contributed by atoms with van der Waals surface area (Å²) in [7, 11) is 0. The number of carbonyl (C=O) groups is 1. The van der Waals surface area contributed by atoms with Crippen LogP contribution in [0.3, 0.4) is 0 Å². The minimum atomic E-state index is -0.859. The Labute approximate surface area is 181 Å². The van der Waals surface area contributed by atoms with Crippen molar-refractivity contribution in [1.82, 2.24) is 9.97 Å². The molecule has 2 aromatic heterocycles. The number of fused-ring (bicyclic) bond motifs is 2. The van der Waals surface area contributed by atoms with E-state index in [0.717, 1.165) is 0 Å². The summed E-state index contributed by atoms with van der Waals surface area (Å²) in [6, 6.07) is 17.1. The maximum atomic E-state index is 13.7. The highest BCUT2D eigenvalue weighted by molar-refractivity contribution is 7.22. The Bertz CT molecular complexity index is 1250. The highest BCUT2D eigenvalue weighted by Crippen LogP contribution is 2.36. The second kappa shape index (κ2) is 7.96. The van der Waals surface area contributed by atoms with Crippen LogP contribution in [0.2, 0.25) is 0 Å². The number of ether oxygens (including phenoxy) is 2. The molecule has 156 valence electrons. The Morgan fingerprint density at radius 1 is 1.10 bits per heavy atom. The molecule has 2 aromatic carbocycles. The molecule has 0 spiro atoms. The fourth-order valence-electron chi connectivity index (χ4n) is 3.44. The van der Waals surface area contributed by atoms with Crippen molar-refractivity contribution in [1.29, 1.82) is 0 Å². The lowest BCUT2D eigenvalue weighted by Crippen LogP contribution is -2.50. The molecule has 0 saturated carbocycles. The van der Waals surface area contributed by atoms with E-state index in [1.165, 1.54) is 28.4 Å². The quantitative estimate of drug-likeness (QED) is 0.469. The first kappa shape index (κ1) is 19.4. The predicted molar refractivity (Wildman–Crippen MR) is 116 cm³/mol. The van der Waals surface area contributed by atoms with Gasteiger partial charge in [-0.3, -0.25) is 14.7 Å². The predicted octanol–water partition coefficient (Wildman–Crippen LogP) is 4.59. The minimum Gasteiger partial charge on any atom is -0.482 e. The van der Waals surface area contributed by atoms with E-state index < -0.39 is 12.2 Å². The van der Waals surface area contributed by atoms with Crippen LogP contribution in [0.25, 0.3) is 10.2 Å². The standard InChI is InChI=1S/C23H18FN3O3S/c1-14-21(30-19-8-3-2-7-18(19)29-14)22(28)27(13-16-6-4-5-11-25-16)23-26-17-10-9-15(24)12-20(17)31-23/h2-12,14,21H,13H2,1H3. The zero-order chi connectivity index (χ0) is 21.4. The highest BCUT2D eigenvalue weighted by Gasteiger charge is 2.38. The number of anilines is 1. The Kier molecular flexibility index (Phi) is 4.99. The van der Waals surface area contributed by atoms with Gasteiger partial charge in [-0.25, -0.2) is 9.37 Å². The molecule has 1 amide bonds. The first-order valence-corrected chi connectivity index (χ1v) is 10.6. The van der Waals surface area contributed by atoms with Gasteiger partial charge in [0.15, 0.2) is 16.6 Å². The van der Waals surface area contributed by atoms with Crippen LogP contribution in [0, 0.1) is 5.82 Å². The molecule has 6 nitrogen and oxygen atoms in total. The number of aromatic nitrogens is 2. The third-order valence-corrected chi connectivity index (χ3v) is 6.01. The number of benzene rings is 2. The lowest BCUT2D eigenvalue weighted by molar-refractivity contribution is -0.130. The average molecular weight is 435 g/mol. The van der Waals surface area contributed by atoms with E-state index >= 15 is 0 Å². The van der Waals surface area contributed by atoms with Crippen molar-refractivity contribution >= 4 is 32.6 Å². The summed E-state index contributed by atoms with van der Waals surface area (Å²) >= 11 is 1.25. The number of hydrogen-bond acceptors (Lipinski definition) is 6. The van der Waals surface area contributed by atoms with Gasteiger partial charge in [0.1, 0.15) is 11.9 Å². The molecule has 5 rings (SSSR count). The highest BCUT2D eigenvalue weighted by atomic mass is 32.1. The molecule has 0 radical (unpaired) electrons. The van der Waals surface area contributed by atoms with Crippen LogP contribution in [0.1, 0.15) is 12.6 Å². The Morgan fingerprint density at radius 2 is 1.87 bits per heavy atom. The van der Waals surface area contributed by atoms with Crippen LogP contribution in [-0.2, 0) is 11.3 Å². The maximum Gasteiger partial charge on any atom is 0.274 e. The van der Waals surface area contributed by atoms with Gasteiger partial charge in [0.25, 0.3) is 5.91 Å². The zero-order valence-electron chi connectivity index (χ0n) is 16.6. The molecule has 0 fully saturated rings. The first-order chi connectivity index (χ1) is 15.1. The average Bonchev–Trinajstić information content (AvgIpc) is 3.20. The first-order valence-electron chi connectivity index (χ1n) is 9.78. The maximum absolute atomic E-state index is 13.7. The molecular formula is C23H18FN3O3S. The van der Waals surface area contributed by atoms with Gasteiger partial charge in [-0.05, 0) is 49.4 Å². The molecule has 3 heterocycles. The van der Waals surface area contributed by atoms with Crippen LogP contribution < -0.4 is 14.4 Å². The Balaban J connectivity index is 1.52. The molecule has 0 saturated heterocycles. The van der Waals surface area contributed by atoms with Crippen molar-refractivity contribution in [2.75, 3.05) is 4.90 Å². The molecule has 1 aliphatic rings. The summed E-state index contributed by atoms with van der Waals surface area (Å²) in [5, 5.41) is 0.450. The molecule has 2 unspecified atom stereocenters. The summed E-state index contributed by atoms with van der Waals surface area (Å²) in [5.74, 6) is 0.473. The van der Waals surface area contributed by atoms with Gasteiger partial charge in [-0.1, -0.05) is 29.5 Å². The molecule has 8 heteroatoms. The summed E-state index contributed by atoms with van der Waals surface area (Å²) in [4.78, 5) is 24.1. The number of rotatable bonds is 4. The van der Waals surface area contributed by atoms with Crippen LogP contribution in [-0.4, -0.2) is 28.1 Å². The Hall–Kier alpha value is -3.52. The third-order valence-electron chi connectivity index (χ3n) is 4.97. The van der Waals surface area contributed by atoms with E-state index in [0.29, 0.717) is 32.5 Å². The lowest BCUT2D eigenvalue weighted by atomic mass is 10.1. The number of pyridine rings is 1. The topological polar surface area (TPSA) is 64.6 Å². The molecule has 31 heavy (non-hydrogen) atoms. The van der Waals surface area contributed by atoms with Gasteiger partial charge in [0, 0.05) is 6.20 Å². The number of thiazole rings is 1. The van der Waals surface area contributed by atoms with Gasteiger partial charge < -0.3 is 9.47 Å². The zero-order valence-corrected chi connectivity index (χ0v) is 17.4. The van der Waals surface area contributed by atoms with Crippen molar-refractivity contribution < 1.29 is 18.7 Å². The molecule has 1 aliphatic heterocycles. The smallest absolute Gasteiger partial charge is 0.274 e. The van der Waals surface area contributed by atoms with Crippen LogP contribution >= 0.6 is 11.3 Å². The number of hydrogen-bond donors (Lipinski definition) is 0. The van der Waals surface area contributed by atoms with Crippen molar-refractivity contribution in [3.8, 4) is 11.5 Å². The van der Waals surface area contributed by atoms with E-state index in [1.54, 1.807) is 31.3 Å². The second-order valence-corrected chi connectivity index (χ2v) is 8.17. The molecule has 0 aliphatic carbocycles. The van der Waals surface area contributed by atoms with Gasteiger partial charge in [-0.15, -0.1) is 0 Å². The Morgan fingerprint density at radius 3 is 2.65 bits per heavy atom. The van der Waals surface area contributed by atoms with Crippen LogP contribution in [0.15, 0.2) is 66.9 Å². The fourth-order valence-corrected chi connectivity index (χ4v) is 4.43. The van der Waals surface area contributed by atoms with E-state index in [2.05, 4.69) is 9.97 Å². The van der Waals surface area contributed by atoms with Gasteiger partial charge in [-0.2, -0.15) is 0 Å². The fraction of sp³-hybridized carbons (Fsp3) is 0.174. The summed E-state index contributed by atoms with van der Waals surface area (Å²) in [6.45, 7) is 2.00. The van der Waals surface area contributed by atoms with Gasteiger partial charge >= 0.3 is 0 Å². The van der Waals surface area contributed by atoms with E-state index in [-0.39, 0.29) is 18.3 Å². The molecule has 4 aromatic rings. The molecule has 0 bridgehead atoms. The van der Waals surface area contributed by atoms with Crippen molar-refractivity contribution in [3.05, 3.63) is 78.4 Å².